The largest absolute Gasteiger partial charge is 0.0881 e. The maximum atomic E-state index is 2.21. The van der Waals surface area contributed by atoms with Gasteiger partial charge in [-0.05, 0) is 0 Å². The second-order valence-corrected chi connectivity index (χ2v) is 4.18. The first-order chi connectivity index (χ1) is 6.41. The summed E-state index contributed by atoms with van der Waals surface area (Å²) in [4.78, 5) is 0. The predicted molar refractivity (Wildman–Crippen MR) is 70.3 cm³/mol. The van der Waals surface area contributed by atoms with Gasteiger partial charge in [0, 0.05) is 0 Å². The van der Waals surface area contributed by atoms with E-state index in [1.54, 1.807) is 0 Å². The summed E-state index contributed by atoms with van der Waals surface area (Å²) in [7, 11) is 4.94. The van der Waals surface area contributed by atoms with Crippen molar-refractivity contribution < 1.29 is 0 Å². The van der Waals surface area contributed by atoms with Gasteiger partial charge in [0.25, 0.3) is 0 Å². The van der Waals surface area contributed by atoms with E-state index in [4.69, 9.17) is 0 Å². The Morgan fingerprint density at radius 3 is 1.23 bits per heavy atom. The third kappa shape index (κ3) is 12.2. The van der Waals surface area contributed by atoms with Crippen molar-refractivity contribution in [3.63, 3.8) is 0 Å². The zero-order valence-corrected chi connectivity index (χ0v) is 9.78. The minimum absolute atomic E-state index is 1.34. The Bertz CT molecular complexity index is 60.2. The lowest BCUT2D eigenvalue weighted by atomic mass is 9.27. The molecule has 74 valence electrons. The van der Waals surface area contributed by atoms with Crippen LogP contribution in [0.3, 0.4) is 0 Å². The van der Waals surface area contributed by atoms with E-state index in [-0.39, 0.29) is 0 Å². The summed E-state index contributed by atoms with van der Waals surface area (Å²) in [5.74, 6) is 0. The van der Waals surface area contributed by atoms with E-state index in [1.807, 2.05) is 0 Å². The van der Waals surface area contributed by atoms with E-state index >= 15 is 0 Å². The Kier molecular flexibility index (Phi) is 12.4. The molecule has 0 saturated heterocycles. The summed E-state index contributed by atoms with van der Waals surface area (Å²) >= 11 is 0. The van der Waals surface area contributed by atoms with Crippen molar-refractivity contribution >= 4 is 22.0 Å². The fraction of sp³-hybridized carbons (Fsp3) is 1.00. The first-order valence-electron chi connectivity index (χ1n) is 6.41. The first-order valence-corrected chi connectivity index (χ1v) is 6.41. The number of hydrogen-bond acceptors (Lipinski definition) is 0. The van der Waals surface area contributed by atoms with Crippen LogP contribution in [0.15, 0.2) is 0 Å². The number of rotatable bonds is 2. The molecule has 0 aromatic carbocycles. The van der Waals surface area contributed by atoms with Gasteiger partial charge in [-0.15, -0.1) is 0 Å². The Morgan fingerprint density at radius 1 is 0.846 bits per heavy atom. The Morgan fingerprint density at radius 2 is 1.15 bits per heavy atom. The molecule has 0 heterocycles. The van der Waals surface area contributed by atoms with Gasteiger partial charge < -0.3 is 0 Å². The summed E-state index contributed by atoms with van der Waals surface area (Å²) in [6, 6.07) is 0. The van der Waals surface area contributed by atoms with Crippen molar-refractivity contribution in [3.05, 3.63) is 0 Å². The lowest BCUT2D eigenvalue weighted by Crippen LogP contribution is -1.98. The highest BCUT2D eigenvalue weighted by molar-refractivity contribution is 7.23. The van der Waals surface area contributed by atoms with E-state index in [2.05, 4.69) is 14.7 Å². The van der Waals surface area contributed by atoms with Crippen LogP contribution in [0.4, 0.5) is 0 Å². The van der Waals surface area contributed by atoms with Crippen molar-refractivity contribution in [1.82, 2.24) is 0 Å². The molecule has 13 heavy (non-hydrogen) atoms. The van der Waals surface area contributed by atoms with Gasteiger partial charge in [0.05, 0.1) is 22.0 Å². The third-order valence-electron chi connectivity index (χ3n) is 2.71. The van der Waals surface area contributed by atoms with Crippen LogP contribution in [0.5, 0.6) is 0 Å². The molecule has 0 unspecified atom stereocenters. The molecule has 0 amide bonds. The monoisotopic (exact) mass is 178 g/mol. The highest BCUT2D eigenvalue weighted by Gasteiger charge is 1.95. The first kappa shape index (κ1) is 13.2. The maximum absolute atomic E-state index is 2.21. The van der Waals surface area contributed by atoms with Gasteiger partial charge in [-0.1, -0.05) is 64.6 Å². The average molecular weight is 178 g/mol. The molecule has 0 atom stereocenters. The Hall–Kier alpha value is 0.195. The molecule has 0 nitrogen and oxygen atoms in total. The standard InChI is InChI=1S/C8H16.C2H9B3/c1-2-4-6-8-7-5-3-1;1-2-4-5-3/h1-8H2;4-5H,2-3H2,1H3. The molecule has 1 rings (SSSR count). The summed E-state index contributed by atoms with van der Waals surface area (Å²) in [5.41, 5.74) is 0. The van der Waals surface area contributed by atoms with Crippen molar-refractivity contribution in [2.75, 3.05) is 0 Å². The van der Waals surface area contributed by atoms with Crippen molar-refractivity contribution in [3.8, 4) is 0 Å². The molecular formula is C10H25B3. The molecule has 1 saturated carbocycles. The van der Waals surface area contributed by atoms with Gasteiger partial charge in [0.15, 0.2) is 0 Å². The van der Waals surface area contributed by atoms with Crippen LogP contribution >= 0.6 is 0 Å². The molecule has 0 N–H and O–H groups in total. The summed E-state index contributed by atoms with van der Waals surface area (Å²) in [6.07, 6.45) is 13.3. The van der Waals surface area contributed by atoms with E-state index in [0.717, 1.165) is 0 Å². The van der Waals surface area contributed by atoms with Crippen LogP contribution in [0.2, 0.25) is 6.32 Å². The average Bonchev–Trinajstić information content (AvgIpc) is 2.05. The van der Waals surface area contributed by atoms with Crippen molar-refractivity contribution in [1.29, 1.82) is 0 Å². The molecule has 1 fully saturated rings. The summed E-state index contributed by atoms with van der Waals surface area (Å²) < 4.78 is 0. The van der Waals surface area contributed by atoms with Gasteiger partial charge in [-0.25, -0.2) is 0 Å². The van der Waals surface area contributed by atoms with Crippen LogP contribution in [0, 0.1) is 0 Å². The van der Waals surface area contributed by atoms with E-state index < -0.39 is 0 Å². The minimum Gasteiger partial charge on any atom is -0.0881 e. The van der Waals surface area contributed by atoms with Crippen LogP contribution < -0.4 is 0 Å². The third-order valence-corrected chi connectivity index (χ3v) is 2.71. The molecule has 1 aliphatic carbocycles. The lowest BCUT2D eigenvalue weighted by molar-refractivity contribution is 0.504. The normalized spacial score (nSPS) is 17.3. The zero-order chi connectivity index (χ0) is 9.78. The van der Waals surface area contributed by atoms with Gasteiger partial charge in [0.1, 0.15) is 0 Å². The van der Waals surface area contributed by atoms with Crippen LogP contribution in [-0.4, -0.2) is 22.0 Å². The molecule has 1 aliphatic rings. The Labute approximate surface area is 87.1 Å². The topological polar surface area (TPSA) is 0 Å². The summed E-state index contributed by atoms with van der Waals surface area (Å²) in [5, 5.41) is 0. The zero-order valence-electron chi connectivity index (χ0n) is 9.78. The highest BCUT2D eigenvalue weighted by atomic mass is 14.0. The van der Waals surface area contributed by atoms with E-state index in [9.17, 15) is 0 Å². The second kappa shape index (κ2) is 12.2. The number of hydrogen-bond donors (Lipinski definition) is 0. The van der Waals surface area contributed by atoms with Crippen LogP contribution in [0.1, 0.15) is 58.3 Å². The minimum atomic E-state index is 1.34. The smallest absolute Gasteiger partial charge is 0.0776 e. The molecule has 3 heteroatoms. The fourth-order valence-electron chi connectivity index (χ4n) is 1.77. The molecule has 0 spiro atoms. The van der Waals surface area contributed by atoms with E-state index in [0.29, 0.717) is 0 Å². The Balaban J connectivity index is 0.000000252. The highest BCUT2D eigenvalue weighted by Crippen LogP contribution is 2.15. The maximum Gasteiger partial charge on any atom is 0.0776 e. The molecule has 0 bridgehead atoms. The summed E-state index contributed by atoms with van der Waals surface area (Å²) in [6.45, 7) is 2.21. The molecule has 0 radical (unpaired) electrons. The fourth-order valence-corrected chi connectivity index (χ4v) is 1.77. The van der Waals surface area contributed by atoms with Gasteiger partial charge in [0.2, 0.25) is 0 Å². The van der Waals surface area contributed by atoms with E-state index in [1.165, 1.54) is 71.9 Å². The molecule has 0 aliphatic heterocycles. The second-order valence-electron chi connectivity index (χ2n) is 4.18. The quantitative estimate of drug-likeness (QED) is 0.566. The van der Waals surface area contributed by atoms with Crippen LogP contribution in [0.25, 0.3) is 0 Å². The lowest BCUT2D eigenvalue weighted by Gasteiger charge is -2.05. The van der Waals surface area contributed by atoms with Gasteiger partial charge in [-0.3, -0.25) is 0 Å². The SMILES string of the molecule is BBBCC.C1CCCCCCC1. The molecular weight excluding hydrogens is 153 g/mol. The van der Waals surface area contributed by atoms with Gasteiger partial charge in [-0.2, -0.15) is 0 Å². The van der Waals surface area contributed by atoms with Crippen molar-refractivity contribution in [2.45, 2.75) is 64.6 Å². The van der Waals surface area contributed by atoms with Crippen LogP contribution in [-0.2, 0) is 0 Å². The molecule has 0 aromatic heterocycles. The molecule has 0 aromatic rings. The predicted octanol–water partition coefficient (Wildman–Crippen LogP) is 1.88. The van der Waals surface area contributed by atoms with Crippen molar-refractivity contribution in [2.24, 2.45) is 0 Å². The van der Waals surface area contributed by atoms with Gasteiger partial charge >= 0.3 is 0 Å².